The van der Waals surface area contributed by atoms with Gasteiger partial charge in [0.2, 0.25) is 0 Å². The highest BCUT2D eigenvalue weighted by atomic mass is 32.2. The summed E-state index contributed by atoms with van der Waals surface area (Å²) < 4.78 is 32.2. The molecule has 0 radical (unpaired) electrons. The first kappa shape index (κ1) is 15.8. The van der Waals surface area contributed by atoms with Crippen molar-refractivity contribution in [3.8, 4) is 0 Å². The second kappa shape index (κ2) is 5.64. The molecule has 0 aliphatic carbocycles. The molecule has 1 aromatic rings. The fraction of sp³-hybridized carbons (Fsp3) is 0.667. The van der Waals surface area contributed by atoms with Crippen LogP contribution in [-0.2, 0) is 14.9 Å². The maximum absolute atomic E-state index is 12.3. The summed E-state index contributed by atoms with van der Waals surface area (Å²) in [6, 6.07) is 0. The predicted molar refractivity (Wildman–Crippen MR) is 75.9 cm³/mol. The van der Waals surface area contributed by atoms with E-state index in [0.717, 1.165) is 3.97 Å². The van der Waals surface area contributed by atoms with Gasteiger partial charge in [0.1, 0.15) is 11.9 Å². The van der Waals surface area contributed by atoms with Crippen LogP contribution in [0.5, 0.6) is 0 Å². The molecule has 0 N–H and O–H groups in total. The molecule has 0 aromatic carbocycles. The van der Waals surface area contributed by atoms with Crippen molar-refractivity contribution in [3.63, 3.8) is 0 Å². The number of ether oxygens (including phenoxy) is 1. The van der Waals surface area contributed by atoms with Crippen LogP contribution in [0.15, 0.2) is 18.7 Å². The molecule has 21 heavy (non-hydrogen) atoms. The molecule has 1 fully saturated rings. The third-order valence-corrected chi connectivity index (χ3v) is 4.73. The lowest BCUT2D eigenvalue weighted by molar-refractivity contribution is 0.0192. The summed E-state index contributed by atoms with van der Waals surface area (Å²) in [6.45, 7) is 6.48. The zero-order valence-corrected chi connectivity index (χ0v) is 13.2. The number of aromatic nitrogens is 2. The SMILES string of the molecule is CC(C)(C)OC(=O)N1CCN(S(=O)(=O)n2ccnc2)CC1. The zero-order valence-electron chi connectivity index (χ0n) is 12.4. The maximum atomic E-state index is 12.3. The van der Waals surface area contributed by atoms with Gasteiger partial charge in [0.15, 0.2) is 0 Å². The smallest absolute Gasteiger partial charge is 0.410 e. The number of amides is 1. The van der Waals surface area contributed by atoms with Crippen LogP contribution in [0.2, 0.25) is 0 Å². The number of rotatable bonds is 2. The Kier molecular flexibility index (Phi) is 4.24. The summed E-state index contributed by atoms with van der Waals surface area (Å²) >= 11 is 0. The highest BCUT2D eigenvalue weighted by Gasteiger charge is 2.31. The quantitative estimate of drug-likeness (QED) is 0.794. The predicted octanol–water partition coefficient (Wildman–Crippen LogP) is 0.529. The first-order valence-electron chi connectivity index (χ1n) is 6.67. The van der Waals surface area contributed by atoms with Crippen molar-refractivity contribution in [1.82, 2.24) is 18.2 Å². The Bertz CT molecular complexity index is 583. The molecule has 0 unspecified atom stereocenters. The van der Waals surface area contributed by atoms with E-state index in [-0.39, 0.29) is 13.1 Å². The van der Waals surface area contributed by atoms with Gasteiger partial charge in [-0.2, -0.15) is 12.7 Å². The summed E-state index contributed by atoms with van der Waals surface area (Å²) in [7, 11) is -3.59. The molecule has 1 aliphatic heterocycles. The van der Waals surface area contributed by atoms with Crippen molar-refractivity contribution >= 4 is 16.3 Å². The molecule has 1 amide bonds. The van der Waals surface area contributed by atoms with Gasteiger partial charge >= 0.3 is 16.3 Å². The second-order valence-electron chi connectivity index (χ2n) is 5.77. The van der Waals surface area contributed by atoms with Crippen LogP contribution in [0.3, 0.4) is 0 Å². The van der Waals surface area contributed by atoms with Gasteiger partial charge in [-0.15, -0.1) is 0 Å². The molecule has 0 saturated carbocycles. The fourth-order valence-electron chi connectivity index (χ4n) is 1.94. The molecule has 0 bridgehead atoms. The van der Waals surface area contributed by atoms with Crippen molar-refractivity contribution < 1.29 is 17.9 Å². The summed E-state index contributed by atoms with van der Waals surface area (Å²) in [5, 5.41) is 0. The van der Waals surface area contributed by atoms with Crippen LogP contribution in [0.1, 0.15) is 20.8 Å². The van der Waals surface area contributed by atoms with Crippen molar-refractivity contribution in [3.05, 3.63) is 18.7 Å². The molecular weight excluding hydrogens is 296 g/mol. The molecule has 0 spiro atoms. The van der Waals surface area contributed by atoms with Gasteiger partial charge in [-0.25, -0.2) is 13.8 Å². The van der Waals surface area contributed by atoms with E-state index in [9.17, 15) is 13.2 Å². The molecular formula is C12H20N4O4S. The molecule has 9 heteroatoms. The van der Waals surface area contributed by atoms with Gasteiger partial charge in [0.25, 0.3) is 0 Å². The fourth-order valence-corrected chi connectivity index (χ4v) is 3.22. The van der Waals surface area contributed by atoms with E-state index >= 15 is 0 Å². The Balaban J connectivity index is 1.96. The second-order valence-corrected chi connectivity index (χ2v) is 7.60. The first-order valence-corrected chi connectivity index (χ1v) is 8.06. The minimum Gasteiger partial charge on any atom is -0.444 e. The highest BCUT2D eigenvalue weighted by Crippen LogP contribution is 2.14. The third kappa shape index (κ3) is 3.73. The zero-order chi connectivity index (χ0) is 15.7. The molecule has 2 heterocycles. The normalized spacial score (nSPS) is 17.8. The number of carbonyl (C=O) groups is 1. The van der Waals surface area contributed by atoms with Gasteiger partial charge in [-0.1, -0.05) is 0 Å². The summed E-state index contributed by atoms with van der Waals surface area (Å²) in [6.07, 6.45) is 3.63. The van der Waals surface area contributed by atoms with Crippen molar-refractivity contribution in [2.75, 3.05) is 26.2 Å². The van der Waals surface area contributed by atoms with Gasteiger partial charge in [-0.3, -0.25) is 0 Å². The average Bonchev–Trinajstić information content (AvgIpc) is 2.91. The number of carbonyl (C=O) groups excluding carboxylic acids is 1. The largest absolute Gasteiger partial charge is 0.444 e. The van der Waals surface area contributed by atoms with E-state index in [2.05, 4.69) is 4.98 Å². The van der Waals surface area contributed by atoms with Gasteiger partial charge in [-0.05, 0) is 20.8 Å². The van der Waals surface area contributed by atoms with Crippen molar-refractivity contribution in [1.29, 1.82) is 0 Å². The number of hydrogen-bond acceptors (Lipinski definition) is 5. The Morgan fingerprint density at radius 3 is 2.29 bits per heavy atom. The molecule has 0 atom stereocenters. The topological polar surface area (TPSA) is 84.7 Å². The number of piperazine rings is 1. The van der Waals surface area contributed by atoms with E-state index in [0.29, 0.717) is 13.1 Å². The molecule has 1 saturated heterocycles. The Hall–Kier alpha value is -1.61. The number of nitrogens with zero attached hydrogens (tertiary/aromatic N) is 4. The Labute approximate surface area is 124 Å². The third-order valence-electron chi connectivity index (χ3n) is 2.96. The average molecular weight is 316 g/mol. The van der Waals surface area contributed by atoms with Crippen LogP contribution in [0, 0.1) is 0 Å². The molecule has 2 rings (SSSR count). The van der Waals surface area contributed by atoms with E-state index in [1.807, 2.05) is 0 Å². The standard InChI is InChI=1S/C12H20N4O4S/c1-12(2,3)20-11(17)14-6-8-15(9-7-14)21(18,19)16-5-4-13-10-16/h4-5,10H,6-9H2,1-3H3. The maximum Gasteiger partial charge on any atom is 0.410 e. The van der Waals surface area contributed by atoms with Crippen LogP contribution in [-0.4, -0.2) is 64.5 Å². The number of imidazole rings is 1. The summed E-state index contributed by atoms with van der Waals surface area (Å²) in [5.41, 5.74) is -0.558. The highest BCUT2D eigenvalue weighted by molar-refractivity contribution is 7.87. The summed E-state index contributed by atoms with van der Waals surface area (Å²) in [5.74, 6) is 0. The molecule has 118 valence electrons. The van der Waals surface area contributed by atoms with Crippen LogP contribution in [0.4, 0.5) is 4.79 Å². The van der Waals surface area contributed by atoms with Crippen molar-refractivity contribution in [2.24, 2.45) is 0 Å². The minimum absolute atomic E-state index is 0.236. The van der Waals surface area contributed by atoms with Crippen molar-refractivity contribution in [2.45, 2.75) is 26.4 Å². The monoisotopic (exact) mass is 316 g/mol. The van der Waals surface area contributed by atoms with Crippen LogP contribution in [0.25, 0.3) is 0 Å². The molecule has 8 nitrogen and oxygen atoms in total. The molecule has 1 aliphatic rings. The van der Waals surface area contributed by atoms with Gasteiger partial charge < -0.3 is 9.64 Å². The lowest BCUT2D eigenvalue weighted by atomic mass is 10.2. The van der Waals surface area contributed by atoms with Crippen LogP contribution >= 0.6 is 0 Å². The van der Waals surface area contributed by atoms with E-state index in [4.69, 9.17) is 4.74 Å². The van der Waals surface area contributed by atoms with E-state index in [1.54, 1.807) is 20.8 Å². The molecule has 1 aromatic heterocycles. The summed E-state index contributed by atoms with van der Waals surface area (Å²) in [4.78, 5) is 17.2. The lowest BCUT2D eigenvalue weighted by Gasteiger charge is -2.34. The number of hydrogen-bond donors (Lipinski definition) is 0. The van der Waals surface area contributed by atoms with E-state index in [1.165, 1.54) is 27.9 Å². The lowest BCUT2D eigenvalue weighted by Crippen LogP contribution is -2.52. The Morgan fingerprint density at radius 2 is 1.81 bits per heavy atom. The van der Waals surface area contributed by atoms with Gasteiger partial charge in [0.05, 0.1) is 0 Å². The minimum atomic E-state index is -3.59. The van der Waals surface area contributed by atoms with Gasteiger partial charge in [0, 0.05) is 38.6 Å². The van der Waals surface area contributed by atoms with E-state index < -0.39 is 21.9 Å². The first-order chi connectivity index (χ1) is 9.70. The Morgan fingerprint density at radius 1 is 1.19 bits per heavy atom. The van der Waals surface area contributed by atoms with Crippen LogP contribution < -0.4 is 0 Å².